The van der Waals surface area contributed by atoms with Crippen molar-refractivity contribution in [2.75, 3.05) is 7.11 Å². The molecule has 5 heteroatoms. The molecule has 78 valence electrons. The van der Waals surface area contributed by atoms with Crippen LogP contribution in [0.1, 0.15) is 9.67 Å². The highest BCUT2D eigenvalue weighted by Crippen LogP contribution is 2.37. The van der Waals surface area contributed by atoms with Crippen molar-refractivity contribution in [1.29, 1.82) is 0 Å². The molecule has 2 rings (SSSR count). The first kappa shape index (κ1) is 10.6. The zero-order valence-electron chi connectivity index (χ0n) is 7.71. The third kappa shape index (κ3) is 1.66. The van der Waals surface area contributed by atoms with Crippen molar-refractivity contribution in [3.05, 3.63) is 33.4 Å². The van der Waals surface area contributed by atoms with Gasteiger partial charge in [0, 0.05) is 10.1 Å². The lowest BCUT2D eigenvalue weighted by Gasteiger charge is -1.95. The summed E-state index contributed by atoms with van der Waals surface area (Å²) in [5.74, 6) is -0.798. The van der Waals surface area contributed by atoms with E-state index in [0.717, 1.165) is 4.70 Å². The fourth-order valence-corrected chi connectivity index (χ4v) is 3.26. The Hall–Kier alpha value is -0.940. The highest BCUT2D eigenvalue weighted by molar-refractivity contribution is 9.10. The zero-order valence-corrected chi connectivity index (χ0v) is 10.1. The third-order valence-corrected chi connectivity index (χ3v) is 4.17. The van der Waals surface area contributed by atoms with E-state index in [2.05, 4.69) is 20.7 Å². The van der Waals surface area contributed by atoms with Crippen LogP contribution in [0.2, 0.25) is 0 Å². The number of carbonyl (C=O) groups excluding carboxylic acids is 1. The summed E-state index contributed by atoms with van der Waals surface area (Å²) in [6, 6.07) is 4.74. The highest BCUT2D eigenvalue weighted by atomic mass is 79.9. The molecule has 0 amide bonds. The van der Waals surface area contributed by atoms with Crippen LogP contribution in [0.4, 0.5) is 4.39 Å². The maximum atomic E-state index is 13.5. The topological polar surface area (TPSA) is 26.3 Å². The van der Waals surface area contributed by atoms with Gasteiger partial charge in [-0.3, -0.25) is 0 Å². The summed E-state index contributed by atoms with van der Waals surface area (Å²) < 4.78 is 19.2. The number of ether oxygens (including phenoxy) is 1. The van der Waals surface area contributed by atoms with Gasteiger partial charge >= 0.3 is 5.97 Å². The Morgan fingerprint density at radius 1 is 1.53 bits per heavy atom. The average molecular weight is 289 g/mol. The molecular formula is C10H6BrFO2S. The van der Waals surface area contributed by atoms with E-state index in [1.807, 2.05) is 0 Å². The summed E-state index contributed by atoms with van der Waals surface area (Å²) in [6.07, 6.45) is 0. The molecule has 0 aliphatic rings. The van der Waals surface area contributed by atoms with Gasteiger partial charge in [-0.25, -0.2) is 9.18 Å². The maximum Gasteiger partial charge on any atom is 0.349 e. The van der Waals surface area contributed by atoms with Crippen LogP contribution in [0.5, 0.6) is 0 Å². The number of hydrogen-bond donors (Lipinski definition) is 0. The molecule has 0 aliphatic heterocycles. The van der Waals surface area contributed by atoms with Crippen molar-refractivity contribution < 1.29 is 13.9 Å². The molecule has 0 atom stereocenters. The lowest BCUT2D eigenvalue weighted by molar-refractivity contribution is 0.0605. The summed E-state index contributed by atoms with van der Waals surface area (Å²) >= 11 is 4.42. The minimum Gasteiger partial charge on any atom is -0.465 e. The van der Waals surface area contributed by atoms with Crippen LogP contribution in [-0.2, 0) is 4.74 Å². The lowest BCUT2D eigenvalue weighted by atomic mass is 10.2. The summed E-state index contributed by atoms with van der Waals surface area (Å²) in [5.41, 5.74) is 0. The predicted molar refractivity (Wildman–Crippen MR) is 60.8 cm³/mol. The van der Waals surface area contributed by atoms with Crippen LogP contribution in [-0.4, -0.2) is 13.1 Å². The molecule has 0 fully saturated rings. The Labute approximate surface area is 97.8 Å². The molecule has 2 aromatic rings. The van der Waals surface area contributed by atoms with Gasteiger partial charge in [0.2, 0.25) is 0 Å². The number of benzene rings is 1. The second-order valence-corrected chi connectivity index (χ2v) is 4.69. The summed E-state index contributed by atoms with van der Waals surface area (Å²) in [5, 5.41) is 0.433. The van der Waals surface area contributed by atoms with Gasteiger partial charge in [0.25, 0.3) is 0 Å². The number of carbonyl (C=O) groups is 1. The summed E-state index contributed by atoms with van der Waals surface area (Å²) in [6.45, 7) is 0. The fourth-order valence-electron chi connectivity index (χ4n) is 1.29. The van der Waals surface area contributed by atoms with Crippen molar-refractivity contribution in [2.24, 2.45) is 0 Å². The van der Waals surface area contributed by atoms with E-state index in [1.54, 1.807) is 12.1 Å². The Kier molecular flexibility index (Phi) is 2.75. The van der Waals surface area contributed by atoms with Gasteiger partial charge in [-0.1, -0.05) is 6.07 Å². The Morgan fingerprint density at radius 2 is 2.27 bits per heavy atom. The average Bonchev–Trinajstić information content (AvgIpc) is 2.56. The van der Waals surface area contributed by atoms with E-state index in [4.69, 9.17) is 0 Å². The molecule has 0 saturated carbocycles. The number of rotatable bonds is 1. The molecule has 0 N–H and O–H groups in total. The number of fused-ring (bicyclic) bond motifs is 1. The molecule has 1 heterocycles. The molecule has 0 radical (unpaired) electrons. The standard InChI is InChI=1S/C10H6BrFO2S/c1-14-10(13)9-8(11)7-5(12)3-2-4-6(7)15-9/h2-4H,1H3. The lowest BCUT2D eigenvalue weighted by Crippen LogP contribution is -1.98. The van der Waals surface area contributed by atoms with Gasteiger partial charge in [0.05, 0.1) is 11.6 Å². The Morgan fingerprint density at radius 3 is 2.87 bits per heavy atom. The smallest absolute Gasteiger partial charge is 0.349 e. The van der Waals surface area contributed by atoms with Crippen LogP contribution in [0.25, 0.3) is 10.1 Å². The van der Waals surface area contributed by atoms with Crippen molar-refractivity contribution >= 4 is 43.3 Å². The summed E-state index contributed by atoms with van der Waals surface area (Å²) in [7, 11) is 1.30. The number of halogens is 2. The number of methoxy groups -OCH3 is 1. The van der Waals surface area contributed by atoms with E-state index in [-0.39, 0.29) is 5.82 Å². The quantitative estimate of drug-likeness (QED) is 0.750. The molecule has 0 spiro atoms. The molecule has 1 aromatic heterocycles. The van der Waals surface area contributed by atoms with Gasteiger partial charge in [0.15, 0.2) is 0 Å². The first-order chi connectivity index (χ1) is 7.15. The molecule has 0 unspecified atom stereocenters. The van der Waals surface area contributed by atoms with Gasteiger partial charge in [-0.05, 0) is 28.1 Å². The van der Waals surface area contributed by atoms with Crippen molar-refractivity contribution in [3.63, 3.8) is 0 Å². The summed E-state index contributed by atoms with van der Waals surface area (Å²) in [4.78, 5) is 11.7. The predicted octanol–water partition coefficient (Wildman–Crippen LogP) is 3.59. The first-order valence-electron chi connectivity index (χ1n) is 4.10. The van der Waals surface area contributed by atoms with E-state index >= 15 is 0 Å². The van der Waals surface area contributed by atoms with Crippen LogP contribution >= 0.6 is 27.3 Å². The number of thiophene rings is 1. The van der Waals surface area contributed by atoms with Crippen LogP contribution in [0, 0.1) is 5.82 Å². The van der Waals surface area contributed by atoms with Gasteiger partial charge < -0.3 is 4.74 Å². The SMILES string of the molecule is COC(=O)c1sc2cccc(F)c2c1Br. The van der Waals surface area contributed by atoms with Crippen molar-refractivity contribution in [1.82, 2.24) is 0 Å². The molecule has 2 nitrogen and oxygen atoms in total. The second kappa shape index (κ2) is 3.90. The maximum absolute atomic E-state index is 13.5. The third-order valence-electron chi connectivity index (χ3n) is 1.98. The minimum atomic E-state index is -0.456. The number of esters is 1. The van der Waals surface area contributed by atoms with Gasteiger partial charge in [0.1, 0.15) is 10.7 Å². The van der Waals surface area contributed by atoms with E-state index in [1.165, 1.54) is 24.5 Å². The van der Waals surface area contributed by atoms with Crippen LogP contribution in [0.3, 0.4) is 0 Å². The monoisotopic (exact) mass is 288 g/mol. The first-order valence-corrected chi connectivity index (χ1v) is 5.71. The molecule has 1 aromatic carbocycles. The fraction of sp³-hybridized carbons (Fsp3) is 0.100. The van der Waals surface area contributed by atoms with E-state index in [0.29, 0.717) is 14.7 Å². The Balaban J connectivity index is 2.75. The zero-order chi connectivity index (χ0) is 11.0. The van der Waals surface area contributed by atoms with Crippen molar-refractivity contribution in [3.8, 4) is 0 Å². The van der Waals surface area contributed by atoms with Crippen molar-refractivity contribution in [2.45, 2.75) is 0 Å². The highest BCUT2D eigenvalue weighted by Gasteiger charge is 2.18. The Bertz CT molecular complexity index is 535. The molecule has 0 bridgehead atoms. The van der Waals surface area contributed by atoms with Crippen LogP contribution < -0.4 is 0 Å². The second-order valence-electron chi connectivity index (χ2n) is 2.85. The normalized spacial score (nSPS) is 10.6. The number of hydrogen-bond acceptors (Lipinski definition) is 3. The van der Waals surface area contributed by atoms with Gasteiger partial charge in [-0.15, -0.1) is 11.3 Å². The van der Waals surface area contributed by atoms with Gasteiger partial charge in [-0.2, -0.15) is 0 Å². The largest absolute Gasteiger partial charge is 0.465 e. The molecular weight excluding hydrogens is 283 g/mol. The molecule has 0 saturated heterocycles. The minimum absolute atomic E-state index is 0.342. The van der Waals surface area contributed by atoms with E-state index in [9.17, 15) is 9.18 Å². The molecule has 15 heavy (non-hydrogen) atoms. The molecule has 0 aliphatic carbocycles. The van der Waals surface area contributed by atoms with Crippen LogP contribution in [0.15, 0.2) is 22.7 Å². The van der Waals surface area contributed by atoms with E-state index < -0.39 is 5.97 Å².